The van der Waals surface area contributed by atoms with Gasteiger partial charge in [-0.3, -0.25) is 9.59 Å². The Morgan fingerprint density at radius 1 is 0.850 bits per heavy atom. The van der Waals surface area contributed by atoms with Gasteiger partial charge in [0.1, 0.15) is 43.2 Å². The van der Waals surface area contributed by atoms with Crippen LogP contribution >= 0.6 is 0 Å². The number of aliphatic hydroxyl groups is 5. The molecule has 0 aromatic rings. The molecule has 6 aliphatic rings. The van der Waals surface area contributed by atoms with E-state index in [0.29, 0.717) is 12.8 Å². The summed E-state index contributed by atoms with van der Waals surface area (Å²) in [6.45, 7) is 20.2. The zero-order chi connectivity index (χ0) is 44.3. The van der Waals surface area contributed by atoms with Gasteiger partial charge in [-0.15, -0.1) is 0 Å². The summed E-state index contributed by atoms with van der Waals surface area (Å²) in [5.41, 5.74) is 1.31. The van der Waals surface area contributed by atoms with Gasteiger partial charge in [0.15, 0.2) is 18.7 Å². The van der Waals surface area contributed by atoms with Crippen LogP contribution in [0.15, 0.2) is 23.3 Å². The number of hydrogen-bond acceptors (Lipinski definition) is 14. The minimum Gasteiger partial charge on any atom is -0.463 e. The van der Waals surface area contributed by atoms with Crippen molar-refractivity contribution in [3.8, 4) is 0 Å². The van der Waals surface area contributed by atoms with Crippen LogP contribution in [0.2, 0.25) is 0 Å². The lowest BCUT2D eigenvalue weighted by Gasteiger charge is -2.67. The molecule has 0 amide bonds. The lowest BCUT2D eigenvalue weighted by molar-refractivity contribution is -0.316. The molecule has 4 aliphatic carbocycles. The molecule has 5 N–H and O–H groups in total. The molecule has 14 nitrogen and oxygen atoms in total. The van der Waals surface area contributed by atoms with Gasteiger partial charge in [0, 0.05) is 32.3 Å². The van der Waals surface area contributed by atoms with E-state index >= 15 is 0 Å². The van der Waals surface area contributed by atoms with E-state index in [0.717, 1.165) is 32.1 Å². The third-order valence-corrected chi connectivity index (χ3v) is 16.3. The van der Waals surface area contributed by atoms with Crippen molar-refractivity contribution < 1.29 is 68.3 Å². The van der Waals surface area contributed by atoms with Crippen LogP contribution in [-0.2, 0) is 42.7 Å². The van der Waals surface area contributed by atoms with E-state index in [1.54, 1.807) is 7.11 Å². The van der Waals surface area contributed by atoms with Crippen LogP contribution in [0.3, 0.4) is 0 Å². The Morgan fingerprint density at radius 2 is 1.53 bits per heavy atom. The van der Waals surface area contributed by atoms with Crippen LogP contribution in [0.5, 0.6) is 0 Å². The smallest absolute Gasteiger partial charge is 0.303 e. The first kappa shape index (κ1) is 47.5. The Balaban J connectivity index is 1.31. The van der Waals surface area contributed by atoms with Crippen molar-refractivity contribution in [3.05, 3.63) is 23.3 Å². The van der Waals surface area contributed by atoms with E-state index in [9.17, 15) is 35.1 Å². The van der Waals surface area contributed by atoms with E-state index in [4.69, 9.17) is 33.2 Å². The molecule has 2 aliphatic heterocycles. The van der Waals surface area contributed by atoms with Crippen LogP contribution in [-0.4, -0.2) is 131 Å². The lowest BCUT2D eigenvalue weighted by atomic mass is 9.38. The molecule has 2 saturated heterocycles. The number of fused-ring (bicyclic) bond motifs is 5. The second-order valence-electron chi connectivity index (χ2n) is 20.5. The number of carbonyl (C=O) groups excluding carboxylic acids is 2. The fourth-order valence-electron chi connectivity index (χ4n) is 13.1. The van der Waals surface area contributed by atoms with Crippen molar-refractivity contribution in [1.29, 1.82) is 0 Å². The monoisotopic (exact) mass is 851 g/mol. The Labute approximate surface area is 356 Å². The first-order chi connectivity index (χ1) is 28.0. The Kier molecular flexibility index (Phi) is 14.2. The summed E-state index contributed by atoms with van der Waals surface area (Å²) in [6, 6.07) is 0. The van der Waals surface area contributed by atoms with E-state index in [1.165, 1.54) is 25.0 Å². The zero-order valence-electron chi connectivity index (χ0n) is 37.7. The number of allylic oxidation sites excluding steroid dienone is 2. The highest BCUT2D eigenvalue weighted by Crippen LogP contribution is 2.75. The molecule has 14 heteroatoms. The summed E-state index contributed by atoms with van der Waals surface area (Å²) in [4.78, 5) is 23.2. The van der Waals surface area contributed by atoms with E-state index in [2.05, 4.69) is 67.5 Å². The molecule has 19 atom stereocenters. The average molecular weight is 851 g/mol. The molecular weight excluding hydrogens is 776 g/mol. The maximum absolute atomic E-state index is 11.7. The van der Waals surface area contributed by atoms with Gasteiger partial charge in [0.2, 0.25) is 0 Å². The molecule has 5 fully saturated rings. The van der Waals surface area contributed by atoms with Crippen LogP contribution in [0.25, 0.3) is 0 Å². The summed E-state index contributed by atoms with van der Waals surface area (Å²) in [5, 5.41) is 54.8. The van der Waals surface area contributed by atoms with Crippen molar-refractivity contribution in [2.75, 3.05) is 20.3 Å². The number of rotatable bonds is 12. The number of aliphatic hydroxyl groups excluding tert-OH is 5. The molecule has 60 heavy (non-hydrogen) atoms. The fraction of sp³-hybridized carbons (Fsp3) is 0.870. The van der Waals surface area contributed by atoms with Crippen molar-refractivity contribution in [3.63, 3.8) is 0 Å². The quantitative estimate of drug-likeness (QED) is 0.137. The molecule has 0 bridgehead atoms. The third-order valence-electron chi connectivity index (χ3n) is 16.3. The minimum absolute atomic E-state index is 0.0468. The molecule has 0 aromatic heterocycles. The van der Waals surface area contributed by atoms with E-state index in [1.807, 2.05) is 0 Å². The van der Waals surface area contributed by atoms with Crippen molar-refractivity contribution >= 4 is 11.9 Å². The molecule has 342 valence electrons. The average Bonchev–Trinajstić information content (AvgIpc) is 3.40. The summed E-state index contributed by atoms with van der Waals surface area (Å²) < 4.78 is 42.3. The number of carbonyl (C=O) groups is 2. The van der Waals surface area contributed by atoms with Gasteiger partial charge < -0.3 is 58.7 Å². The highest BCUT2D eigenvalue weighted by Gasteiger charge is 2.72. The van der Waals surface area contributed by atoms with Crippen LogP contribution < -0.4 is 0 Å². The lowest BCUT2D eigenvalue weighted by Crippen LogP contribution is -2.63. The van der Waals surface area contributed by atoms with Gasteiger partial charge in [-0.05, 0) is 92.8 Å². The molecule has 0 spiro atoms. The van der Waals surface area contributed by atoms with Crippen molar-refractivity contribution in [1.82, 2.24) is 0 Å². The normalized spacial score (nSPS) is 46.5. The van der Waals surface area contributed by atoms with Gasteiger partial charge in [-0.2, -0.15) is 0 Å². The van der Waals surface area contributed by atoms with Crippen LogP contribution in [0.4, 0.5) is 0 Å². The predicted octanol–water partition coefficient (Wildman–Crippen LogP) is 4.36. The molecule has 6 rings (SSSR count). The fourth-order valence-corrected chi connectivity index (χ4v) is 13.1. The molecule has 3 saturated carbocycles. The standard InChI is InChI=1S/C46H74O14/c1-23(2)13-12-14-24(3)34-30(58-42-39(53)37(51)35(49)32(59-42)21-55-25(4)47)20-46(10)40-29(54-11)19-28-27(44(40,8)17-18-45(34,46)9)15-16-33(43(28,6)7)60-41-38(52)36(50)31(22-56-41)57-26(5)48/h13,19,24,27,29-42,49-53H,12,14-18,20-22H2,1-11H3/t24-,27-,29-,30-,31-,32-,33-,34+,35+,36+,37+,38+,39+,40+,41+,42-,44-,45-,46-/m0/s1. The van der Waals surface area contributed by atoms with Crippen molar-refractivity contribution in [2.24, 2.45) is 45.3 Å². The second-order valence-corrected chi connectivity index (χ2v) is 20.5. The molecule has 0 unspecified atom stereocenters. The van der Waals surface area contributed by atoms with Gasteiger partial charge >= 0.3 is 11.9 Å². The van der Waals surface area contributed by atoms with Crippen molar-refractivity contribution in [2.45, 2.75) is 188 Å². The summed E-state index contributed by atoms with van der Waals surface area (Å²) >= 11 is 0. The maximum atomic E-state index is 11.7. The topological polar surface area (TPSA) is 200 Å². The number of methoxy groups -OCH3 is 1. The Morgan fingerprint density at radius 3 is 2.17 bits per heavy atom. The van der Waals surface area contributed by atoms with Gasteiger partial charge in [-0.1, -0.05) is 64.8 Å². The summed E-state index contributed by atoms with van der Waals surface area (Å²) in [7, 11) is 1.78. The Bertz CT molecular complexity index is 1610. The first-order valence-corrected chi connectivity index (χ1v) is 22.2. The number of esters is 2. The van der Waals surface area contributed by atoms with Gasteiger partial charge in [-0.25, -0.2) is 0 Å². The SMILES string of the molecule is CO[C@H]1C=C2[C@H](CC[C@H](O[C@H]3OC[C@H](OC(C)=O)[C@@H](O)[C@H]3O)C2(C)C)[C@]2(C)CC[C@@]3(C)[C@H]([C@@H](C)CCC=C(C)C)[C@@H](O[C@H]4O[C@@H](COC(C)=O)[C@@H](O)[C@@H](O)[C@H]4O)C[C@@]3(C)[C@H]12. The van der Waals surface area contributed by atoms with E-state index < -0.39 is 72.7 Å². The first-order valence-electron chi connectivity index (χ1n) is 22.2. The molecule has 2 heterocycles. The third kappa shape index (κ3) is 8.41. The highest BCUT2D eigenvalue weighted by molar-refractivity contribution is 5.66. The van der Waals surface area contributed by atoms with Crippen LogP contribution in [0, 0.1) is 45.3 Å². The number of ether oxygens (including phenoxy) is 7. The highest BCUT2D eigenvalue weighted by atomic mass is 16.7. The largest absolute Gasteiger partial charge is 0.463 e. The molecular formula is C46H74O14. The summed E-state index contributed by atoms with van der Waals surface area (Å²) in [5.74, 6) is -0.565. The van der Waals surface area contributed by atoms with E-state index in [-0.39, 0.29) is 71.4 Å². The Hall–Kier alpha value is -1.98. The molecule has 0 radical (unpaired) electrons. The maximum Gasteiger partial charge on any atom is 0.303 e. The molecule has 0 aromatic carbocycles. The predicted molar refractivity (Wildman–Crippen MR) is 219 cm³/mol. The minimum atomic E-state index is -1.56. The summed E-state index contributed by atoms with van der Waals surface area (Å²) in [6.07, 6.45) is -2.16. The van der Waals surface area contributed by atoms with Gasteiger partial charge in [0.25, 0.3) is 0 Å². The number of hydrogen-bond donors (Lipinski definition) is 5. The van der Waals surface area contributed by atoms with Gasteiger partial charge in [0.05, 0.1) is 24.9 Å². The zero-order valence-corrected chi connectivity index (χ0v) is 37.7. The second kappa shape index (κ2) is 17.9. The van der Waals surface area contributed by atoms with Crippen LogP contribution in [0.1, 0.15) is 114 Å².